The van der Waals surface area contributed by atoms with Gasteiger partial charge in [0.2, 0.25) is 0 Å². The zero-order chi connectivity index (χ0) is 18.7. The summed E-state index contributed by atoms with van der Waals surface area (Å²) < 4.78 is 7.28. The van der Waals surface area contributed by atoms with Gasteiger partial charge in [-0.15, -0.1) is 0 Å². The third-order valence-corrected chi connectivity index (χ3v) is 5.08. The molecule has 0 amide bonds. The number of aromatic nitrogens is 1. The first-order valence-corrected chi connectivity index (χ1v) is 8.85. The number of aryl methyl sites for hydroxylation is 1. The van der Waals surface area contributed by atoms with Crippen molar-refractivity contribution in [1.29, 1.82) is 0 Å². The zero-order valence-electron chi connectivity index (χ0n) is 15.8. The summed E-state index contributed by atoms with van der Waals surface area (Å²) in [6.45, 7) is 8.19. The average Bonchev–Trinajstić information content (AvgIpc) is 3.29. The van der Waals surface area contributed by atoms with Gasteiger partial charge in [-0.25, -0.2) is 4.68 Å². The van der Waals surface area contributed by atoms with Gasteiger partial charge in [-0.1, -0.05) is 12.1 Å². The molecule has 1 fully saturated rings. The van der Waals surface area contributed by atoms with Crippen LogP contribution in [0.4, 0.5) is 5.69 Å². The lowest BCUT2D eigenvalue weighted by molar-refractivity contribution is 0.121. The van der Waals surface area contributed by atoms with Crippen molar-refractivity contribution in [3.63, 3.8) is 0 Å². The van der Waals surface area contributed by atoms with Crippen LogP contribution in [0.15, 0.2) is 40.6 Å². The fourth-order valence-corrected chi connectivity index (χ4v) is 3.52. The summed E-state index contributed by atoms with van der Waals surface area (Å²) in [5, 5.41) is 4.16. The minimum absolute atomic E-state index is 0.282. The van der Waals surface area contributed by atoms with E-state index in [0.29, 0.717) is 6.54 Å². The maximum Gasteiger partial charge on any atom is 0.0925 e. The van der Waals surface area contributed by atoms with Crippen molar-refractivity contribution in [2.75, 3.05) is 32.1 Å². The van der Waals surface area contributed by atoms with Crippen LogP contribution >= 0.6 is 0 Å². The second-order valence-electron chi connectivity index (χ2n) is 6.58. The second kappa shape index (κ2) is 7.85. The Morgan fingerprint density at radius 3 is 2.77 bits per heavy atom. The maximum atomic E-state index is 5.79. The lowest BCUT2D eigenvalue weighted by atomic mass is 10.0. The van der Waals surface area contributed by atoms with Crippen LogP contribution < -0.4 is 10.6 Å². The Morgan fingerprint density at radius 1 is 1.38 bits per heavy atom. The second-order valence-corrected chi connectivity index (χ2v) is 6.58. The van der Waals surface area contributed by atoms with Gasteiger partial charge >= 0.3 is 0 Å². The zero-order valence-corrected chi connectivity index (χ0v) is 15.8. The fourth-order valence-electron chi connectivity index (χ4n) is 3.52. The number of hydrogen-bond acceptors (Lipinski definition) is 5. The van der Waals surface area contributed by atoms with Crippen molar-refractivity contribution >= 4 is 18.1 Å². The summed E-state index contributed by atoms with van der Waals surface area (Å²) in [4.78, 5) is 6.85. The molecule has 138 valence electrons. The van der Waals surface area contributed by atoms with Gasteiger partial charge in [0.25, 0.3) is 0 Å². The molecule has 0 aliphatic carbocycles. The summed E-state index contributed by atoms with van der Waals surface area (Å²) in [5.74, 6) is 0. The first-order chi connectivity index (χ1) is 12.6. The Kier molecular flexibility index (Phi) is 5.54. The Labute approximate surface area is 155 Å². The minimum atomic E-state index is 0.282. The number of nitrogens with two attached hydrogens (primary N) is 1. The predicted molar refractivity (Wildman–Crippen MR) is 108 cm³/mol. The van der Waals surface area contributed by atoms with Crippen LogP contribution in [0.3, 0.4) is 0 Å². The highest BCUT2D eigenvalue weighted by molar-refractivity contribution is 6.12. The fraction of sp³-hybridized carbons (Fsp3) is 0.400. The molecule has 1 aliphatic rings. The first kappa shape index (κ1) is 18.4. The third kappa shape index (κ3) is 3.43. The summed E-state index contributed by atoms with van der Waals surface area (Å²) >= 11 is 0. The van der Waals surface area contributed by atoms with E-state index in [9.17, 15) is 0 Å². The van der Waals surface area contributed by atoms with Gasteiger partial charge in [0.15, 0.2) is 0 Å². The maximum absolute atomic E-state index is 5.79. The Hall–Kier alpha value is -2.44. The lowest BCUT2D eigenvalue weighted by Crippen LogP contribution is -2.21. The average molecular weight is 353 g/mol. The molecule has 2 aromatic rings. The predicted octanol–water partition coefficient (Wildman–Crippen LogP) is 2.41. The van der Waals surface area contributed by atoms with Crippen LogP contribution in [0.1, 0.15) is 28.8 Å². The van der Waals surface area contributed by atoms with Crippen molar-refractivity contribution in [2.24, 2.45) is 15.8 Å². The molecule has 1 atom stereocenters. The molecule has 2 N–H and O–H groups in total. The van der Waals surface area contributed by atoms with Crippen LogP contribution in [-0.4, -0.2) is 50.5 Å². The molecule has 0 radical (unpaired) electrons. The third-order valence-electron chi connectivity index (χ3n) is 5.08. The molecule has 1 saturated heterocycles. The molecule has 1 unspecified atom stereocenters. The van der Waals surface area contributed by atoms with Crippen LogP contribution in [0.25, 0.3) is 0 Å². The Balaban J connectivity index is 1.96. The highest BCUT2D eigenvalue weighted by Crippen LogP contribution is 2.26. The van der Waals surface area contributed by atoms with Gasteiger partial charge in [0.1, 0.15) is 0 Å². The summed E-state index contributed by atoms with van der Waals surface area (Å²) in [5.41, 5.74) is 12.1. The number of rotatable bonds is 6. The molecule has 0 bridgehead atoms. The van der Waals surface area contributed by atoms with E-state index < -0.39 is 0 Å². The minimum Gasteiger partial charge on any atom is -0.380 e. The van der Waals surface area contributed by atoms with Crippen molar-refractivity contribution < 1.29 is 4.74 Å². The highest BCUT2D eigenvalue weighted by Gasteiger charge is 2.24. The number of ether oxygens (including phenoxy) is 1. The van der Waals surface area contributed by atoms with Crippen LogP contribution in [0.2, 0.25) is 0 Å². The molecule has 3 rings (SSSR count). The van der Waals surface area contributed by atoms with Crippen molar-refractivity contribution in [1.82, 2.24) is 4.68 Å². The molecular weight excluding hydrogens is 326 g/mol. The van der Waals surface area contributed by atoms with Crippen LogP contribution in [-0.2, 0) is 11.3 Å². The monoisotopic (exact) mass is 353 g/mol. The van der Waals surface area contributed by atoms with Gasteiger partial charge in [-0.2, -0.15) is 5.10 Å². The largest absolute Gasteiger partial charge is 0.380 e. The Morgan fingerprint density at radius 2 is 2.19 bits per heavy atom. The smallest absolute Gasteiger partial charge is 0.0925 e. The molecule has 0 spiro atoms. The molecule has 2 heterocycles. The molecule has 0 saturated carbocycles. The van der Waals surface area contributed by atoms with E-state index in [-0.39, 0.29) is 6.10 Å². The molecule has 6 nitrogen and oxygen atoms in total. The van der Waals surface area contributed by atoms with Gasteiger partial charge < -0.3 is 15.4 Å². The van der Waals surface area contributed by atoms with Crippen molar-refractivity contribution in [3.05, 3.63) is 52.8 Å². The number of nitrogens with zero attached hydrogens (tertiary/aromatic N) is 4. The number of benzene rings is 1. The van der Waals surface area contributed by atoms with Crippen LogP contribution in [0, 0.1) is 6.92 Å². The molecule has 1 aromatic carbocycles. The van der Waals surface area contributed by atoms with E-state index in [1.807, 2.05) is 6.20 Å². The van der Waals surface area contributed by atoms with E-state index in [1.54, 1.807) is 18.8 Å². The van der Waals surface area contributed by atoms with Crippen LogP contribution in [0.5, 0.6) is 0 Å². The number of aliphatic imine (C=N–C) groups is 1. The SMILES string of the molecule is C=Nn1cc(N2CCC(OC)C2)cc1/C(=N\C)c1ccc(CN)c(C)c1. The number of methoxy groups -OCH3 is 1. The number of anilines is 1. The molecular formula is C20H27N5O. The van der Waals surface area contributed by atoms with Gasteiger partial charge in [0.05, 0.1) is 29.4 Å². The van der Waals surface area contributed by atoms with E-state index in [4.69, 9.17) is 10.5 Å². The molecule has 1 aromatic heterocycles. The highest BCUT2D eigenvalue weighted by atomic mass is 16.5. The first-order valence-electron chi connectivity index (χ1n) is 8.85. The molecule has 6 heteroatoms. The standard InChI is InChI=1S/C20H27N5O/c1-14-9-15(5-6-16(14)11-21)20(22-2)19-10-17(12-25(19)23-3)24-8-7-18(13-24)26-4/h5-6,9-10,12,18H,3,7-8,11,13,21H2,1-2,4H3/b22-20-. The van der Waals surface area contributed by atoms with Crippen molar-refractivity contribution in [2.45, 2.75) is 26.0 Å². The summed E-state index contributed by atoms with van der Waals surface area (Å²) in [6.07, 6.45) is 3.32. The molecule has 26 heavy (non-hydrogen) atoms. The lowest BCUT2D eigenvalue weighted by Gasteiger charge is -2.15. The summed E-state index contributed by atoms with van der Waals surface area (Å²) in [7, 11) is 3.57. The van der Waals surface area contributed by atoms with Crippen molar-refractivity contribution in [3.8, 4) is 0 Å². The van der Waals surface area contributed by atoms with Gasteiger partial charge in [-0.05, 0) is 36.6 Å². The quantitative estimate of drug-likeness (QED) is 0.811. The van der Waals surface area contributed by atoms with Gasteiger partial charge in [0, 0.05) is 46.1 Å². The number of hydrogen-bond donors (Lipinski definition) is 1. The van der Waals surface area contributed by atoms with E-state index in [0.717, 1.165) is 47.7 Å². The summed E-state index contributed by atoms with van der Waals surface area (Å²) in [6, 6.07) is 8.38. The van der Waals surface area contributed by atoms with Gasteiger partial charge in [-0.3, -0.25) is 4.99 Å². The van der Waals surface area contributed by atoms with E-state index >= 15 is 0 Å². The van der Waals surface area contributed by atoms with E-state index in [2.05, 4.69) is 52.9 Å². The van der Waals surface area contributed by atoms with E-state index in [1.165, 1.54) is 5.56 Å². The Bertz CT molecular complexity index is 824. The topological polar surface area (TPSA) is 68.1 Å². The normalized spacial score (nSPS) is 17.8. The molecule has 1 aliphatic heterocycles.